The third-order valence-corrected chi connectivity index (χ3v) is 6.62. The van der Waals surface area contributed by atoms with Crippen LogP contribution in [0.2, 0.25) is 5.02 Å². The van der Waals surface area contributed by atoms with E-state index in [2.05, 4.69) is 20.5 Å². The lowest BCUT2D eigenvalue weighted by atomic mass is 10.0. The standard InChI is InChI=1S/C21H20ClF2N7O2S/c1-4-30-6-12(9(2)28-30)11-5-14(19(23)24)26-21-16(11)17(18(34-21)20(25)33)27-15(32)8-31-7-13(22)10(3)29-31/h5-7,19H,4,8H2,1-3H3,(H2,25,33)(H,27,32). The first-order valence-corrected chi connectivity index (χ1v) is 11.4. The van der Waals surface area contributed by atoms with Gasteiger partial charge in [0.25, 0.3) is 12.3 Å². The maximum atomic E-state index is 13.7. The molecule has 4 rings (SSSR count). The van der Waals surface area contributed by atoms with Crippen LogP contribution >= 0.6 is 22.9 Å². The Morgan fingerprint density at radius 1 is 1.18 bits per heavy atom. The van der Waals surface area contributed by atoms with Crippen LogP contribution in [0.15, 0.2) is 18.5 Å². The summed E-state index contributed by atoms with van der Waals surface area (Å²) in [5.74, 6) is -1.33. The summed E-state index contributed by atoms with van der Waals surface area (Å²) < 4.78 is 30.3. The molecule has 0 aromatic carbocycles. The Kier molecular flexibility index (Phi) is 6.36. The lowest BCUT2D eigenvalue weighted by Gasteiger charge is -2.10. The minimum absolute atomic E-state index is 0.00117. The van der Waals surface area contributed by atoms with Gasteiger partial charge < -0.3 is 11.1 Å². The molecule has 0 atom stereocenters. The molecule has 0 spiro atoms. The number of thiophene rings is 1. The molecule has 178 valence electrons. The summed E-state index contributed by atoms with van der Waals surface area (Å²) in [6.45, 7) is 5.73. The van der Waals surface area contributed by atoms with Crippen molar-refractivity contribution in [3.8, 4) is 11.1 Å². The first-order chi connectivity index (χ1) is 16.1. The molecule has 0 fully saturated rings. The summed E-state index contributed by atoms with van der Waals surface area (Å²) in [4.78, 5) is 29.2. The Balaban J connectivity index is 1.89. The molecule has 13 heteroatoms. The first kappa shape index (κ1) is 23.8. The van der Waals surface area contributed by atoms with E-state index in [9.17, 15) is 18.4 Å². The van der Waals surface area contributed by atoms with Gasteiger partial charge in [-0.25, -0.2) is 13.8 Å². The van der Waals surface area contributed by atoms with Gasteiger partial charge in [-0.2, -0.15) is 10.2 Å². The van der Waals surface area contributed by atoms with Crippen molar-refractivity contribution in [2.75, 3.05) is 5.32 Å². The van der Waals surface area contributed by atoms with Gasteiger partial charge in [0.05, 0.1) is 22.1 Å². The highest BCUT2D eigenvalue weighted by molar-refractivity contribution is 7.21. The van der Waals surface area contributed by atoms with Crippen molar-refractivity contribution in [1.82, 2.24) is 24.5 Å². The molecule has 0 saturated carbocycles. The van der Waals surface area contributed by atoms with E-state index < -0.39 is 23.9 Å². The van der Waals surface area contributed by atoms with Crippen molar-refractivity contribution in [1.29, 1.82) is 0 Å². The van der Waals surface area contributed by atoms with E-state index in [4.69, 9.17) is 17.3 Å². The predicted octanol–water partition coefficient (Wildman–Crippen LogP) is 4.32. The fourth-order valence-electron chi connectivity index (χ4n) is 3.58. The van der Waals surface area contributed by atoms with Crippen molar-refractivity contribution >= 4 is 50.7 Å². The summed E-state index contributed by atoms with van der Waals surface area (Å²) in [6.07, 6.45) is 0.387. The number of pyridine rings is 1. The van der Waals surface area contributed by atoms with E-state index in [1.807, 2.05) is 6.92 Å². The van der Waals surface area contributed by atoms with Crippen LogP contribution in [0.25, 0.3) is 21.3 Å². The number of hydrogen-bond donors (Lipinski definition) is 2. The smallest absolute Gasteiger partial charge is 0.280 e. The molecule has 4 aromatic rings. The first-order valence-electron chi connectivity index (χ1n) is 10.2. The van der Waals surface area contributed by atoms with Crippen LogP contribution in [0.1, 0.15) is 40.1 Å². The molecule has 3 N–H and O–H groups in total. The quantitative estimate of drug-likeness (QED) is 0.386. The molecular weight excluding hydrogens is 488 g/mol. The summed E-state index contributed by atoms with van der Waals surface area (Å²) in [5, 5.41) is 12.0. The number of halogens is 3. The van der Waals surface area contributed by atoms with Crippen molar-refractivity contribution in [2.45, 2.75) is 40.3 Å². The summed E-state index contributed by atoms with van der Waals surface area (Å²) in [5.41, 5.74) is 7.32. The number of anilines is 1. The maximum absolute atomic E-state index is 13.7. The molecule has 0 saturated heterocycles. The molecule has 9 nitrogen and oxygen atoms in total. The maximum Gasteiger partial charge on any atom is 0.280 e. The number of alkyl halides is 2. The molecule has 0 aliphatic rings. The van der Waals surface area contributed by atoms with E-state index in [0.717, 1.165) is 11.3 Å². The summed E-state index contributed by atoms with van der Waals surface area (Å²) >= 11 is 6.85. The summed E-state index contributed by atoms with van der Waals surface area (Å²) in [7, 11) is 0. The molecule has 0 aliphatic heterocycles. The second-order valence-electron chi connectivity index (χ2n) is 7.54. The largest absolute Gasteiger partial charge is 0.365 e. The number of nitrogens with one attached hydrogen (secondary N) is 1. The number of aryl methyl sites for hydroxylation is 3. The molecule has 2 amide bonds. The van der Waals surface area contributed by atoms with Crippen LogP contribution in [0.4, 0.5) is 14.5 Å². The third kappa shape index (κ3) is 4.38. The highest BCUT2D eigenvalue weighted by atomic mass is 35.5. The number of amides is 2. The highest BCUT2D eigenvalue weighted by Crippen LogP contribution is 2.43. The van der Waals surface area contributed by atoms with Crippen LogP contribution < -0.4 is 11.1 Å². The van der Waals surface area contributed by atoms with Gasteiger partial charge in [0, 0.05) is 29.9 Å². The molecule has 4 heterocycles. The SMILES string of the molecule is CCn1cc(-c2cc(C(F)F)nc3sc(C(N)=O)c(NC(=O)Cn4cc(Cl)c(C)n4)c23)c(C)n1. The monoisotopic (exact) mass is 507 g/mol. The lowest BCUT2D eigenvalue weighted by Crippen LogP contribution is -2.21. The molecule has 4 aromatic heterocycles. The number of carbonyl (C=O) groups is 2. The average molecular weight is 508 g/mol. The van der Waals surface area contributed by atoms with Gasteiger partial charge in [0.15, 0.2) is 0 Å². The van der Waals surface area contributed by atoms with Crippen molar-refractivity contribution in [3.05, 3.63) is 45.4 Å². The van der Waals surface area contributed by atoms with E-state index >= 15 is 0 Å². The van der Waals surface area contributed by atoms with Crippen LogP contribution in [0.5, 0.6) is 0 Å². The Hall–Kier alpha value is -3.38. The number of primary amides is 1. The summed E-state index contributed by atoms with van der Waals surface area (Å²) in [6, 6.07) is 1.25. The van der Waals surface area contributed by atoms with E-state index in [1.165, 1.54) is 16.9 Å². The fraction of sp³-hybridized carbons (Fsp3) is 0.286. The Morgan fingerprint density at radius 3 is 2.44 bits per heavy atom. The van der Waals surface area contributed by atoms with Crippen LogP contribution in [-0.4, -0.2) is 36.4 Å². The molecule has 0 unspecified atom stereocenters. The number of nitrogens with two attached hydrogens (primary N) is 1. The van der Waals surface area contributed by atoms with Gasteiger partial charge in [0.2, 0.25) is 5.91 Å². The Morgan fingerprint density at radius 2 is 1.88 bits per heavy atom. The second kappa shape index (κ2) is 9.11. The average Bonchev–Trinajstić information content (AvgIpc) is 3.42. The number of carbonyl (C=O) groups excluding carboxylic acids is 2. The zero-order chi connectivity index (χ0) is 24.7. The minimum Gasteiger partial charge on any atom is -0.365 e. The predicted molar refractivity (Wildman–Crippen MR) is 125 cm³/mol. The topological polar surface area (TPSA) is 121 Å². The van der Waals surface area contributed by atoms with Crippen LogP contribution in [0, 0.1) is 13.8 Å². The van der Waals surface area contributed by atoms with Crippen molar-refractivity contribution in [3.63, 3.8) is 0 Å². The molecule has 0 aliphatic carbocycles. The zero-order valence-electron chi connectivity index (χ0n) is 18.4. The van der Waals surface area contributed by atoms with Gasteiger partial charge in [-0.3, -0.25) is 19.0 Å². The number of nitrogens with zero attached hydrogens (tertiary/aromatic N) is 5. The van der Waals surface area contributed by atoms with Crippen molar-refractivity contribution < 1.29 is 18.4 Å². The van der Waals surface area contributed by atoms with Gasteiger partial charge in [-0.05, 0) is 32.4 Å². The van der Waals surface area contributed by atoms with Crippen LogP contribution in [-0.2, 0) is 17.9 Å². The van der Waals surface area contributed by atoms with Crippen molar-refractivity contribution in [2.24, 2.45) is 5.73 Å². The number of aromatic nitrogens is 5. The van der Waals surface area contributed by atoms with Gasteiger partial charge in [-0.1, -0.05) is 11.6 Å². The third-order valence-electron chi connectivity index (χ3n) is 5.15. The zero-order valence-corrected chi connectivity index (χ0v) is 20.0. The molecule has 0 bridgehead atoms. The van der Waals surface area contributed by atoms with E-state index in [1.54, 1.807) is 24.7 Å². The Labute approximate surface area is 201 Å². The lowest BCUT2D eigenvalue weighted by molar-refractivity contribution is -0.116. The number of fused-ring (bicyclic) bond motifs is 1. The Bertz CT molecular complexity index is 1410. The highest BCUT2D eigenvalue weighted by Gasteiger charge is 2.26. The fourth-order valence-corrected chi connectivity index (χ4v) is 4.74. The normalized spacial score (nSPS) is 11.5. The second-order valence-corrected chi connectivity index (χ2v) is 8.94. The minimum atomic E-state index is -2.84. The van der Waals surface area contributed by atoms with Gasteiger partial charge >= 0.3 is 0 Å². The van der Waals surface area contributed by atoms with Gasteiger partial charge in [-0.15, -0.1) is 11.3 Å². The van der Waals surface area contributed by atoms with Crippen LogP contribution in [0.3, 0.4) is 0 Å². The molecular formula is C21H20ClF2N7O2S. The molecule has 34 heavy (non-hydrogen) atoms. The van der Waals surface area contributed by atoms with Gasteiger partial charge in [0.1, 0.15) is 21.9 Å². The van der Waals surface area contributed by atoms with E-state index in [0.29, 0.717) is 39.5 Å². The number of hydrogen-bond acceptors (Lipinski definition) is 6. The molecule has 0 radical (unpaired) electrons. The number of rotatable bonds is 7. The van der Waals surface area contributed by atoms with E-state index in [-0.39, 0.29) is 21.9 Å².